The Morgan fingerprint density at radius 2 is 1.61 bits per heavy atom. The number of aryl methyl sites for hydroxylation is 1. The molecule has 4 rings (SSSR count). The average Bonchev–Trinajstić information content (AvgIpc) is 2.81. The number of non-ortho nitro benzene ring substituents is 1. The number of nitrogens with one attached hydrogen (secondary N) is 1. The molecule has 0 spiro atoms. The molecule has 0 radical (unpaired) electrons. The normalized spacial score (nSPS) is 13.6. The standard InChI is InChI=1S/C22H23N7O4/c1-15-5-3-8-19(16(15)2)26-9-11-27(12-10-26)22-20(29(32)33)21(23-14-24-22)25-17-6-4-7-18(13-17)28(30)31/h3-8,13-14H,9-12H2,1-2H3,(H,23,24,25). The Morgan fingerprint density at radius 3 is 2.30 bits per heavy atom. The first-order valence-corrected chi connectivity index (χ1v) is 10.4. The van der Waals surface area contributed by atoms with Crippen LogP contribution in [0.5, 0.6) is 0 Å². The maximum Gasteiger partial charge on any atom is 0.353 e. The van der Waals surface area contributed by atoms with Gasteiger partial charge in [0.15, 0.2) is 0 Å². The molecule has 2 heterocycles. The van der Waals surface area contributed by atoms with E-state index < -0.39 is 9.85 Å². The summed E-state index contributed by atoms with van der Waals surface area (Å²) in [6.07, 6.45) is 1.26. The molecular weight excluding hydrogens is 426 g/mol. The van der Waals surface area contributed by atoms with Crippen LogP contribution in [0.4, 0.5) is 34.4 Å². The zero-order valence-corrected chi connectivity index (χ0v) is 18.3. The van der Waals surface area contributed by atoms with E-state index in [0.717, 1.165) is 0 Å². The molecule has 1 aliphatic rings. The van der Waals surface area contributed by atoms with Crippen molar-refractivity contribution >= 4 is 34.4 Å². The van der Waals surface area contributed by atoms with Crippen molar-refractivity contribution < 1.29 is 9.85 Å². The summed E-state index contributed by atoms with van der Waals surface area (Å²) in [6.45, 7) is 6.68. The van der Waals surface area contributed by atoms with E-state index in [1.165, 1.54) is 41.3 Å². The fourth-order valence-electron chi connectivity index (χ4n) is 3.93. The molecule has 1 N–H and O–H groups in total. The van der Waals surface area contributed by atoms with Crippen LogP contribution < -0.4 is 15.1 Å². The molecule has 1 aromatic heterocycles. The highest BCUT2D eigenvalue weighted by molar-refractivity contribution is 5.75. The zero-order chi connectivity index (χ0) is 23.5. The van der Waals surface area contributed by atoms with E-state index in [1.54, 1.807) is 6.07 Å². The largest absolute Gasteiger partial charge is 0.368 e. The molecule has 0 unspecified atom stereocenters. The molecule has 0 aliphatic carbocycles. The molecule has 1 aliphatic heterocycles. The molecular formula is C22H23N7O4. The Balaban J connectivity index is 1.58. The first kappa shape index (κ1) is 21.9. The predicted octanol–water partition coefficient (Wildman–Crippen LogP) is 3.98. The second-order valence-electron chi connectivity index (χ2n) is 7.78. The van der Waals surface area contributed by atoms with E-state index in [-0.39, 0.29) is 23.0 Å². The van der Waals surface area contributed by atoms with Crippen LogP contribution in [0.25, 0.3) is 0 Å². The van der Waals surface area contributed by atoms with Crippen LogP contribution in [0.15, 0.2) is 48.8 Å². The van der Waals surface area contributed by atoms with Crippen LogP contribution >= 0.6 is 0 Å². The third kappa shape index (κ3) is 4.52. The van der Waals surface area contributed by atoms with Gasteiger partial charge < -0.3 is 15.1 Å². The van der Waals surface area contributed by atoms with E-state index in [4.69, 9.17) is 0 Å². The van der Waals surface area contributed by atoms with Crippen LogP contribution in [0.2, 0.25) is 0 Å². The third-order valence-corrected chi connectivity index (χ3v) is 5.80. The molecule has 0 saturated carbocycles. The molecule has 11 heteroatoms. The number of anilines is 4. The van der Waals surface area contributed by atoms with Crippen molar-refractivity contribution in [1.29, 1.82) is 0 Å². The first-order valence-electron chi connectivity index (χ1n) is 10.4. The number of rotatable bonds is 6. The van der Waals surface area contributed by atoms with Crippen molar-refractivity contribution in [3.8, 4) is 0 Å². The molecule has 0 bridgehead atoms. The Labute approximate surface area is 190 Å². The number of nitro groups is 2. The maximum absolute atomic E-state index is 12.0. The van der Waals surface area contributed by atoms with Gasteiger partial charge in [0.05, 0.1) is 9.85 Å². The van der Waals surface area contributed by atoms with Gasteiger partial charge in [0, 0.05) is 49.7 Å². The first-order chi connectivity index (χ1) is 15.8. The number of benzene rings is 2. The predicted molar refractivity (Wildman–Crippen MR) is 125 cm³/mol. The van der Waals surface area contributed by atoms with Gasteiger partial charge in [-0.2, -0.15) is 0 Å². The summed E-state index contributed by atoms with van der Waals surface area (Å²) in [5.74, 6) is 0.214. The van der Waals surface area contributed by atoms with E-state index in [1.807, 2.05) is 11.0 Å². The lowest BCUT2D eigenvalue weighted by Gasteiger charge is -2.37. The van der Waals surface area contributed by atoms with Crippen molar-refractivity contribution in [2.24, 2.45) is 0 Å². The van der Waals surface area contributed by atoms with Crippen LogP contribution in [0.1, 0.15) is 11.1 Å². The fourth-order valence-corrected chi connectivity index (χ4v) is 3.93. The fraction of sp³-hybridized carbons (Fsp3) is 0.273. The Morgan fingerprint density at radius 1 is 0.909 bits per heavy atom. The minimum absolute atomic E-state index is 0.0116. The van der Waals surface area contributed by atoms with Gasteiger partial charge >= 0.3 is 5.69 Å². The van der Waals surface area contributed by atoms with Crippen molar-refractivity contribution in [1.82, 2.24) is 9.97 Å². The number of hydrogen-bond donors (Lipinski definition) is 1. The minimum Gasteiger partial charge on any atom is -0.368 e. The molecule has 33 heavy (non-hydrogen) atoms. The monoisotopic (exact) mass is 449 g/mol. The highest BCUT2D eigenvalue weighted by Gasteiger charge is 2.30. The van der Waals surface area contributed by atoms with E-state index >= 15 is 0 Å². The summed E-state index contributed by atoms with van der Waals surface area (Å²) in [5.41, 5.74) is 3.56. The summed E-state index contributed by atoms with van der Waals surface area (Å²) in [6, 6.07) is 11.9. The molecule has 0 amide bonds. The lowest BCUT2D eigenvalue weighted by atomic mass is 10.1. The van der Waals surface area contributed by atoms with Gasteiger partial charge in [-0.15, -0.1) is 0 Å². The second-order valence-corrected chi connectivity index (χ2v) is 7.78. The molecule has 170 valence electrons. The van der Waals surface area contributed by atoms with Crippen LogP contribution in [-0.2, 0) is 0 Å². The van der Waals surface area contributed by atoms with Gasteiger partial charge in [-0.05, 0) is 37.1 Å². The van der Waals surface area contributed by atoms with Gasteiger partial charge in [0.25, 0.3) is 5.69 Å². The van der Waals surface area contributed by atoms with Crippen LogP contribution in [0, 0.1) is 34.1 Å². The summed E-state index contributed by atoms with van der Waals surface area (Å²) in [5, 5.41) is 25.8. The van der Waals surface area contributed by atoms with Gasteiger partial charge in [0.1, 0.15) is 6.33 Å². The Hall–Kier alpha value is -4.28. The van der Waals surface area contributed by atoms with Crippen molar-refractivity contribution in [3.05, 3.63) is 80.1 Å². The smallest absolute Gasteiger partial charge is 0.353 e. The molecule has 1 fully saturated rings. The zero-order valence-electron chi connectivity index (χ0n) is 18.3. The summed E-state index contributed by atoms with van der Waals surface area (Å²) in [7, 11) is 0. The third-order valence-electron chi connectivity index (χ3n) is 5.80. The van der Waals surface area contributed by atoms with Gasteiger partial charge in [-0.3, -0.25) is 20.2 Å². The number of aromatic nitrogens is 2. The van der Waals surface area contributed by atoms with E-state index in [2.05, 4.69) is 46.2 Å². The number of hydrogen-bond acceptors (Lipinski definition) is 9. The van der Waals surface area contributed by atoms with Gasteiger partial charge in [0.2, 0.25) is 11.6 Å². The van der Waals surface area contributed by atoms with E-state index in [9.17, 15) is 20.2 Å². The lowest BCUT2D eigenvalue weighted by molar-refractivity contribution is -0.384. The number of nitro benzene ring substituents is 1. The number of nitrogens with zero attached hydrogens (tertiary/aromatic N) is 6. The van der Waals surface area contributed by atoms with E-state index in [0.29, 0.717) is 31.9 Å². The summed E-state index contributed by atoms with van der Waals surface area (Å²) in [4.78, 5) is 34.3. The lowest BCUT2D eigenvalue weighted by Crippen LogP contribution is -2.47. The minimum atomic E-state index is -0.527. The molecule has 0 atom stereocenters. The molecule has 2 aromatic carbocycles. The molecule has 3 aromatic rings. The molecule has 11 nitrogen and oxygen atoms in total. The Bertz CT molecular complexity index is 1210. The molecule has 1 saturated heterocycles. The quantitative estimate of drug-likeness (QED) is 0.438. The highest BCUT2D eigenvalue weighted by atomic mass is 16.6. The van der Waals surface area contributed by atoms with Gasteiger partial charge in [-0.25, -0.2) is 9.97 Å². The van der Waals surface area contributed by atoms with Gasteiger partial charge in [-0.1, -0.05) is 18.2 Å². The number of piperazine rings is 1. The SMILES string of the molecule is Cc1cccc(N2CCN(c3ncnc(Nc4cccc([N+](=O)[O-])c4)c3[N+](=O)[O-])CC2)c1C. The summed E-state index contributed by atoms with van der Waals surface area (Å²) < 4.78 is 0. The van der Waals surface area contributed by atoms with Crippen molar-refractivity contribution in [2.45, 2.75) is 13.8 Å². The topological polar surface area (TPSA) is 131 Å². The second kappa shape index (κ2) is 9.07. The summed E-state index contributed by atoms with van der Waals surface area (Å²) >= 11 is 0. The average molecular weight is 449 g/mol. The van der Waals surface area contributed by atoms with Crippen molar-refractivity contribution in [3.63, 3.8) is 0 Å². The highest BCUT2D eigenvalue weighted by Crippen LogP contribution is 2.35. The van der Waals surface area contributed by atoms with Crippen LogP contribution in [0.3, 0.4) is 0 Å². The van der Waals surface area contributed by atoms with Crippen LogP contribution in [-0.4, -0.2) is 46.0 Å². The maximum atomic E-state index is 12.0. The Kier molecular flexibility index (Phi) is 6.03. The van der Waals surface area contributed by atoms with Crippen molar-refractivity contribution in [2.75, 3.05) is 41.3 Å².